The van der Waals surface area contributed by atoms with Gasteiger partial charge in [-0.05, 0) is 73.6 Å². The highest BCUT2D eigenvalue weighted by molar-refractivity contribution is 8.18. The Hall–Kier alpha value is -4.79. The molecule has 43 heavy (non-hydrogen) atoms. The van der Waals surface area contributed by atoms with Crippen molar-refractivity contribution < 1.29 is 33.4 Å². The first-order chi connectivity index (χ1) is 20.7. The molecule has 4 rings (SSSR count). The van der Waals surface area contributed by atoms with Gasteiger partial charge >= 0.3 is 5.97 Å². The molecule has 0 spiro atoms. The van der Waals surface area contributed by atoms with E-state index >= 15 is 0 Å². The van der Waals surface area contributed by atoms with Crippen molar-refractivity contribution in [3.05, 3.63) is 92.8 Å². The number of rotatable bonds is 11. The number of hydrogen-bond donors (Lipinski definition) is 1. The number of nitrogens with one attached hydrogen (secondary N) is 1. The highest BCUT2D eigenvalue weighted by Crippen LogP contribution is 2.35. The molecule has 0 aliphatic carbocycles. The van der Waals surface area contributed by atoms with E-state index in [0.29, 0.717) is 41.0 Å². The molecule has 220 valence electrons. The van der Waals surface area contributed by atoms with Crippen molar-refractivity contribution in [2.75, 3.05) is 25.1 Å². The van der Waals surface area contributed by atoms with Crippen molar-refractivity contribution in [1.29, 1.82) is 5.26 Å². The normalized spacial score (nSPS) is 13.5. The highest BCUT2D eigenvalue weighted by atomic mass is 35.5. The van der Waals surface area contributed by atoms with Gasteiger partial charge in [-0.25, -0.2) is 4.79 Å². The standard InChI is InChI=1S/C31H26ClN3O7S/c1-3-40-26-13-19(9-12-25(26)42-18-21-8-6-5-7-20(21)16-33)14-27-29(37)35(31(39)43-27)17-28(36)34-22-10-11-24(32)23(15-22)30(38)41-4-2/h5-15H,3-4,17-18H2,1-2H3,(H,34,36)/b27-14+. The molecule has 0 saturated carbocycles. The van der Waals surface area contributed by atoms with Gasteiger partial charge in [0, 0.05) is 11.3 Å². The molecule has 1 fully saturated rings. The quantitative estimate of drug-likeness (QED) is 0.201. The monoisotopic (exact) mass is 619 g/mol. The molecule has 1 aliphatic rings. The van der Waals surface area contributed by atoms with E-state index in [1.54, 1.807) is 43.3 Å². The zero-order valence-electron chi connectivity index (χ0n) is 23.2. The summed E-state index contributed by atoms with van der Waals surface area (Å²) in [5, 5.41) is 11.4. The lowest BCUT2D eigenvalue weighted by atomic mass is 10.1. The van der Waals surface area contributed by atoms with Gasteiger partial charge in [-0.1, -0.05) is 35.9 Å². The third-order valence-electron chi connectivity index (χ3n) is 6.01. The number of imide groups is 1. The lowest BCUT2D eigenvalue weighted by Gasteiger charge is -2.14. The molecule has 0 bridgehead atoms. The van der Waals surface area contributed by atoms with E-state index in [-0.39, 0.29) is 34.4 Å². The van der Waals surface area contributed by atoms with Crippen LogP contribution in [0.15, 0.2) is 65.6 Å². The Labute approximate surface area is 257 Å². The van der Waals surface area contributed by atoms with Gasteiger partial charge in [0.1, 0.15) is 13.2 Å². The van der Waals surface area contributed by atoms with Gasteiger partial charge in [-0.15, -0.1) is 0 Å². The predicted octanol–water partition coefficient (Wildman–Crippen LogP) is 6.04. The summed E-state index contributed by atoms with van der Waals surface area (Å²) in [6, 6.07) is 18.6. The van der Waals surface area contributed by atoms with Gasteiger partial charge < -0.3 is 19.5 Å². The van der Waals surface area contributed by atoms with Gasteiger partial charge in [0.05, 0.1) is 40.3 Å². The number of anilines is 1. The average molecular weight is 620 g/mol. The van der Waals surface area contributed by atoms with Crippen LogP contribution in [-0.2, 0) is 20.9 Å². The number of thioether (sulfide) groups is 1. The van der Waals surface area contributed by atoms with Crippen LogP contribution in [0.3, 0.4) is 0 Å². The summed E-state index contributed by atoms with van der Waals surface area (Å²) in [6.45, 7) is 3.62. The lowest BCUT2D eigenvalue weighted by molar-refractivity contribution is -0.127. The molecule has 10 nitrogen and oxygen atoms in total. The van der Waals surface area contributed by atoms with Crippen LogP contribution >= 0.6 is 23.4 Å². The number of halogens is 1. The van der Waals surface area contributed by atoms with Gasteiger partial charge in [0.15, 0.2) is 11.5 Å². The zero-order chi connectivity index (χ0) is 30.9. The molecule has 0 unspecified atom stereocenters. The number of carbonyl (C=O) groups is 4. The topological polar surface area (TPSA) is 135 Å². The van der Waals surface area contributed by atoms with Crippen LogP contribution in [0.4, 0.5) is 10.5 Å². The molecular formula is C31H26ClN3O7S. The summed E-state index contributed by atoms with van der Waals surface area (Å²) >= 11 is 6.78. The SMILES string of the molecule is CCOC(=O)c1cc(NC(=O)CN2C(=O)S/C(=C/c3ccc(OCc4ccccc4C#N)c(OCC)c3)C2=O)ccc1Cl. The molecule has 12 heteroatoms. The number of nitriles is 1. The van der Waals surface area contributed by atoms with Crippen LogP contribution in [0.2, 0.25) is 5.02 Å². The largest absolute Gasteiger partial charge is 0.490 e. The molecular weight excluding hydrogens is 594 g/mol. The number of esters is 1. The van der Waals surface area contributed by atoms with Gasteiger partial charge in [0.2, 0.25) is 5.91 Å². The van der Waals surface area contributed by atoms with E-state index in [2.05, 4.69) is 11.4 Å². The predicted molar refractivity (Wildman–Crippen MR) is 162 cm³/mol. The fraction of sp³-hybridized carbons (Fsp3) is 0.194. The molecule has 0 aromatic heterocycles. The first-order valence-electron chi connectivity index (χ1n) is 13.1. The van der Waals surface area contributed by atoms with Crippen molar-refractivity contribution in [2.45, 2.75) is 20.5 Å². The van der Waals surface area contributed by atoms with Crippen LogP contribution in [-0.4, -0.2) is 47.7 Å². The molecule has 1 saturated heterocycles. The maximum absolute atomic E-state index is 13.0. The number of nitrogens with zero attached hydrogens (tertiary/aromatic N) is 2. The van der Waals surface area contributed by atoms with Crippen LogP contribution < -0.4 is 14.8 Å². The summed E-state index contributed by atoms with van der Waals surface area (Å²) in [4.78, 5) is 51.4. The summed E-state index contributed by atoms with van der Waals surface area (Å²) in [5.74, 6) is -1.03. The Morgan fingerprint density at radius 3 is 2.56 bits per heavy atom. The summed E-state index contributed by atoms with van der Waals surface area (Å²) in [7, 11) is 0. The van der Waals surface area contributed by atoms with Crippen LogP contribution in [0.5, 0.6) is 11.5 Å². The van der Waals surface area contributed by atoms with Crippen LogP contribution in [0.1, 0.15) is 40.9 Å². The Balaban J connectivity index is 1.44. The van der Waals surface area contributed by atoms with Crippen LogP contribution in [0, 0.1) is 11.3 Å². The first kappa shape index (κ1) is 31.2. The fourth-order valence-electron chi connectivity index (χ4n) is 4.01. The van der Waals surface area contributed by atoms with Gasteiger partial charge in [0.25, 0.3) is 11.1 Å². The second-order valence-corrected chi connectivity index (χ2v) is 10.3. The Morgan fingerprint density at radius 2 is 1.81 bits per heavy atom. The van der Waals surface area contributed by atoms with Gasteiger partial charge in [-0.2, -0.15) is 5.26 Å². The van der Waals surface area contributed by atoms with E-state index in [1.807, 2.05) is 13.0 Å². The molecule has 3 amide bonds. The number of amides is 3. The zero-order valence-corrected chi connectivity index (χ0v) is 24.8. The third kappa shape index (κ3) is 7.74. The van der Waals surface area contributed by atoms with E-state index in [0.717, 1.165) is 10.5 Å². The Kier molecular flexibility index (Phi) is 10.4. The highest BCUT2D eigenvalue weighted by Gasteiger charge is 2.36. The lowest BCUT2D eigenvalue weighted by Crippen LogP contribution is -2.36. The third-order valence-corrected chi connectivity index (χ3v) is 7.24. The minimum atomic E-state index is -0.643. The molecule has 3 aromatic rings. The van der Waals surface area contributed by atoms with E-state index in [4.69, 9.17) is 25.8 Å². The Bertz CT molecular complexity index is 1650. The number of benzene rings is 3. The summed E-state index contributed by atoms with van der Waals surface area (Å²) in [5.41, 5.74) is 2.14. The fourth-order valence-corrected chi connectivity index (χ4v) is 5.05. The molecule has 0 radical (unpaired) electrons. The number of carbonyl (C=O) groups excluding carboxylic acids is 4. The molecule has 1 N–H and O–H groups in total. The molecule has 3 aromatic carbocycles. The summed E-state index contributed by atoms with van der Waals surface area (Å²) < 4.78 is 16.6. The minimum absolute atomic E-state index is 0.0743. The van der Waals surface area contributed by atoms with Crippen molar-refractivity contribution in [3.63, 3.8) is 0 Å². The van der Waals surface area contributed by atoms with E-state index in [1.165, 1.54) is 24.3 Å². The smallest absolute Gasteiger partial charge is 0.339 e. The molecule has 1 aliphatic heterocycles. The van der Waals surface area contributed by atoms with Crippen molar-refractivity contribution in [1.82, 2.24) is 4.90 Å². The van der Waals surface area contributed by atoms with E-state index < -0.39 is 29.6 Å². The Morgan fingerprint density at radius 1 is 1.02 bits per heavy atom. The maximum Gasteiger partial charge on any atom is 0.339 e. The maximum atomic E-state index is 13.0. The second-order valence-electron chi connectivity index (χ2n) is 8.93. The van der Waals surface area contributed by atoms with Crippen molar-refractivity contribution in [2.24, 2.45) is 0 Å². The number of hydrogen-bond acceptors (Lipinski definition) is 9. The first-order valence-corrected chi connectivity index (χ1v) is 14.3. The van der Waals surface area contributed by atoms with Gasteiger partial charge in [-0.3, -0.25) is 19.3 Å². The minimum Gasteiger partial charge on any atom is -0.490 e. The molecule has 0 atom stereocenters. The van der Waals surface area contributed by atoms with E-state index in [9.17, 15) is 24.4 Å². The van der Waals surface area contributed by atoms with Crippen molar-refractivity contribution in [3.8, 4) is 17.6 Å². The number of ether oxygens (including phenoxy) is 3. The van der Waals surface area contributed by atoms with Crippen molar-refractivity contribution >= 4 is 58.1 Å². The molecule has 1 heterocycles. The average Bonchev–Trinajstić information content (AvgIpc) is 3.25. The summed E-state index contributed by atoms with van der Waals surface area (Å²) in [6.07, 6.45) is 1.53. The van der Waals surface area contributed by atoms with Crippen LogP contribution in [0.25, 0.3) is 6.08 Å². The second kappa shape index (κ2) is 14.4.